The third-order valence-corrected chi connectivity index (χ3v) is 8.13. The lowest BCUT2D eigenvalue weighted by Crippen LogP contribution is -2.32. The summed E-state index contributed by atoms with van der Waals surface area (Å²) < 4.78 is 12.4. The van der Waals surface area contributed by atoms with E-state index in [4.69, 9.17) is 21.1 Å². The van der Waals surface area contributed by atoms with Crippen molar-refractivity contribution in [2.45, 2.75) is 160 Å². The maximum absolute atomic E-state index is 12.4. The van der Waals surface area contributed by atoms with Crippen molar-refractivity contribution in [1.29, 1.82) is 0 Å². The number of aliphatic hydroxyl groups is 1. The van der Waals surface area contributed by atoms with Crippen molar-refractivity contribution in [2.24, 2.45) is 0 Å². The van der Waals surface area contributed by atoms with E-state index in [1.165, 1.54) is 109 Å². The summed E-state index contributed by atoms with van der Waals surface area (Å²) in [5, 5.41) is 9.49. The highest BCUT2D eigenvalue weighted by Crippen LogP contribution is 2.30. The normalized spacial score (nSPS) is 18.8. The zero-order chi connectivity index (χ0) is 29.0. The number of H-pyrrole nitrogens is 1. The highest BCUT2D eigenvalue weighted by atomic mass is 35.5. The van der Waals surface area contributed by atoms with Crippen LogP contribution in [0.5, 0.6) is 0 Å². The largest absolute Gasteiger partial charge is 0.459 e. The Hall–Kier alpha value is -1.64. The third-order valence-electron chi connectivity index (χ3n) is 7.86. The number of aliphatic hydroxyl groups excluding tert-OH is 1. The molecule has 0 bridgehead atoms. The fourth-order valence-electron chi connectivity index (χ4n) is 5.41. The predicted octanol–water partition coefficient (Wildman–Crippen LogP) is 7.20. The maximum Gasteiger partial charge on any atom is 0.330 e. The van der Waals surface area contributed by atoms with Crippen LogP contribution in [0.25, 0.3) is 0 Å². The second-order valence-corrected chi connectivity index (χ2v) is 11.7. The Morgan fingerprint density at radius 3 is 1.85 bits per heavy atom. The molecule has 1 aliphatic heterocycles. The van der Waals surface area contributed by atoms with Crippen LogP contribution in [0.4, 0.5) is 0 Å². The monoisotopic (exact) mass is 584 g/mol. The lowest BCUT2D eigenvalue weighted by atomic mass is 10.0. The number of aromatic nitrogens is 2. The molecule has 0 radical (unpaired) electrons. The van der Waals surface area contributed by atoms with Gasteiger partial charge in [0.15, 0.2) is 0 Å². The van der Waals surface area contributed by atoms with Gasteiger partial charge < -0.3 is 14.6 Å². The minimum absolute atomic E-state index is 0.145. The number of carbonyl (C=O) groups is 1. The van der Waals surface area contributed by atoms with Gasteiger partial charge in [-0.25, -0.2) is 4.79 Å². The van der Waals surface area contributed by atoms with Crippen molar-refractivity contribution in [3.63, 3.8) is 0 Å². The fourth-order valence-corrected chi connectivity index (χ4v) is 5.56. The van der Waals surface area contributed by atoms with Gasteiger partial charge in [-0.15, -0.1) is 0 Å². The Bertz CT molecular complexity index is 933. The summed E-state index contributed by atoms with van der Waals surface area (Å²) in [6.45, 7) is 1.92. The van der Waals surface area contributed by atoms with Gasteiger partial charge in [0.1, 0.15) is 23.5 Å². The third kappa shape index (κ3) is 13.8. The van der Waals surface area contributed by atoms with Gasteiger partial charge in [-0.05, 0) is 6.42 Å². The van der Waals surface area contributed by atoms with E-state index in [2.05, 4.69) is 11.9 Å². The number of carbonyl (C=O) groups excluding carboxylic acids is 1. The average Bonchev–Trinajstić information content (AvgIpc) is 3.34. The van der Waals surface area contributed by atoms with Crippen LogP contribution in [-0.4, -0.2) is 39.4 Å². The van der Waals surface area contributed by atoms with E-state index < -0.39 is 29.7 Å². The summed E-state index contributed by atoms with van der Waals surface area (Å²) in [4.78, 5) is 38.1. The smallest absolute Gasteiger partial charge is 0.330 e. The standard InChI is InChI=1S/C31H53ClN2O6/c1-2-3-4-5-6-7-8-9-10-11-12-13-14-15-16-17-18-19-20-21-29(36)40-26-22-28(39-27(26)24-35)34-23-25(32)30(37)33-31(34)38/h23,26-28,35H,2-22,24H2,1H3,(H,33,37,38)/t26-,27+,28+/m0/s1. The SMILES string of the molecule is CCCCCCCCCCCCCCCCCCCCCC(=O)O[C@H]1C[C@H](n2cc(Cl)c(=O)[nH]c2=O)O[C@@H]1CO. The van der Waals surface area contributed by atoms with Gasteiger partial charge in [-0.1, -0.05) is 134 Å². The van der Waals surface area contributed by atoms with Gasteiger partial charge in [0.05, 0.1) is 6.61 Å². The van der Waals surface area contributed by atoms with Crippen molar-refractivity contribution in [1.82, 2.24) is 9.55 Å². The van der Waals surface area contributed by atoms with Gasteiger partial charge in [-0.3, -0.25) is 19.1 Å². The Labute approximate surface area is 245 Å². The number of rotatable bonds is 23. The quantitative estimate of drug-likeness (QED) is 0.104. The molecule has 0 amide bonds. The van der Waals surface area contributed by atoms with Crippen LogP contribution < -0.4 is 11.2 Å². The number of hydrogen-bond acceptors (Lipinski definition) is 6. The van der Waals surface area contributed by atoms with E-state index in [0.717, 1.165) is 23.8 Å². The molecule has 0 unspecified atom stereocenters. The molecule has 2 heterocycles. The van der Waals surface area contributed by atoms with Gasteiger partial charge in [0, 0.05) is 19.0 Å². The predicted molar refractivity (Wildman–Crippen MR) is 160 cm³/mol. The van der Waals surface area contributed by atoms with Crippen LogP contribution >= 0.6 is 11.6 Å². The number of ether oxygens (including phenoxy) is 2. The number of nitrogens with zero attached hydrogens (tertiary/aromatic N) is 1. The van der Waals surface area contributed by atoms with E-state index >= 15 is 0 Å². The summed E-state index contributed by atoms with van der Waals surface area (Å²) in [6.07, 6.45) is 24.2. The Kier molecular flexibility index (Phi) is 18.2. The first kappa shape index (κ1) is 34.6. The van der Waals surface area contributed by atoms with Gasteiger partial charge in [0.25, 0.3) is 5.56 Å². The highest BCUT2D eigenvalue weighted by molar-refractivity contribution is 6.30. The molecule has 3 atom stereocenters. The molecule has 1 aromatic heterocycles. The van der Waals surface area contributed by atoms with Crippen molar-refractivity contribution in [3.05, 3.63) is 32.1 Å². The average molecular weight is 585 g/mol. The van der Waals surface area contributed by atoms with Crippen LogP contribution in [0, 0.1) is 0 Å². The van der Waals surface area contributed by atoms with E-state index in [9.17, 15) is 19.5 Å². The van der Waals surface area contributed by atoms with Crippen molar-refractivity contribution >= 4 is 17.6 Å². The summed E-state index contributed by atoms with van der Waals surface area (Å²) in [5.74, 6) is -0.327. The minimum Gasteiger partial charge on any atom is -0.459 e. The van der Waals surface area contributed by atoms with Crippen molar-refractivity contribution in [3.8, 4) is 0 Å². The molecule has 2 rings (SSSR count). The number of hydrogen-bond donors (Lipinski definition) is 2. The summed E-state index contributed by atoms with van der Waals surface area (Å²) in [5.41, 5.74) is -1.35. The molecule has 1 aliphatic rings. The van der Waals surface area contributed by atoms with Crippen molar-refractivity contribution < 1.29 is 19.4 Å². The van der Waals surface area contributed by atoms with Crippen LogP contribution in [0.15, 0.2) is 15.8 Å². The zero-order valence-corrected chi connectivity index (χ0v) is 25.4. The number of nitrogens with one attached hydrogen (secondary N) is 1. The van der Waals surface area contributed by atoms with Crippen molar-refractivity contribution in [2.75, 3.05) is 6.61 Å². The number of halogens is 1. The first-order valence-electron chi connectivity index (χ1n) is 15.9. The topological polar surface area (TPSA) is 111 Å². The first-order valence-corrected chi connectivity index (χ1v) is 16.3. The highest BCUT2D eigenvalue weighted by Gasteiger charge is 2.39. The number of aromatic amines is 1. The van der Waals surface area contributed by atoms with E-state index in [0.29, 0.717) is 6.42 Å². The zero-order valence-electron chi connectivity index (χ0n) is 24.7. The number of esters is 1. The fraction of sp³-hybridized carbons (Fsp3) is 0.839. The molecule has 0 spiro atoms. The molecular formula is C31H53ClN2O6. The molecule has 2 N–H and O–H groups in total. The Balaban J connectivity index is 1.43. The molecule has 1 aromatic rings. The molecule has 40 heavy (non-hydrogen) atoms. The molecule has 9 heteroatoms. The molecule has 8 nitrogen and oxygen atoms in total. The van der Waals surface area contributed by atoms with Crippen LogP contribution in [0.1, 0.15) is 148 Å². The Morgan fingerprint density at radius 1 is 0.900 bits per heavy atom. The van der Waals surface area contributed by atoms with Gasteiger partial charge >= 0.3 is 11.7 Å². The molecule has 0 aromatic carbocycles. The van der Waals surface area contributed by atoms with Crippen LogP contribution in [0.3, 0.4) is 0 Å². The van der Waals surface area contributed by atoms with Gasteiger partial charge in [-0.2, -0.15) is 0 Å². The molecule has 1 fully saturated rings. The second kappa shape index (κ2) is 21.1. The molecule has 0 saturated carbocycles. The van der Waals surface area contributed by atoms with Gasteiger partial charge in [0.2, 0.25) is 0 Å². The maximum atomic E-state index is 12.4. The van der Waals surface area contributed by atoms with E-state index in [1.54, 1.807) is 0 Å². The molecule has 230 valence electrons. The van der Waals surface area contributed by atoms with Crippen LogP contribution in [-0.2, 0) is 14.3 Å². The first-order chi connectivity index (χ1) is 19.5. The lowest BCUT2D eigenvalue weighted by Gasteiger charge is -2.16. The second-order valence-electron chi connectivity index (χ2n) is 11.3. The number of unbranched alkanes of at least 4 members (excludes halogenated alkanes) is 18. The summed E-state index contributed by atoms with van der Waals surface area (Å²) in [7, 11) is 0. The molecule has 1 saturated heterocycles. The van der Waals surface area contributed by atoms with E-state index in [1.807, 2.05) is 0 Å². The van der Waals surface area contributed by atoms with Crippen LogP contribution in [0.2, 0.25) is 5.02 Å². The Morgan fingerprint density at radius 2 is 1.38 bits per heavy atom. The molecular weight excluding hydrogens is 532 g/mol. The minimum atomic E-state index is -0.785. The molecule has 0 aliphatic carbocycles. The summed E-state index contributed by atoms with van der Waals surface area (Å²) >= 11 is 5.83. The van der Waals surface area contributed by atoms with E-state index in [-0.39, 0.29) is 24.0 Å². The summed E-state index contributed by atoms with van der Waals surface area (Å²) in [6, 6.07) is 0. The lowest BCUT2D eigenvalue weighted by molar-refractivity contribution is -0.153.